The summed E-state index contributed by atoms with van der Waals surface area (Å²) < 4.78 is 0. The predicted octanol–water partition coefficient (Wildman–Crippen LogP) is 2.92. The summed E-state index contributed by atoms with van der Waals surface area (Å²) >= 11 is 1.39. The molecule has 130 valence electrons. The second kappa shape index (κ2) is 8.07. The first-order chi connectivity index (χ1) is 12.1. The number of ketones is 1. The van der Waals surface area contributed by atoms with Gasteiger partial charge in [-0.25, -0.2) is 0 Å². The molecule has 6 heteroatoms. The minimum Gasteiger partial charge on any atom is -0.352 e. The van der Waals surface area contributed by atoms with E-state index in [0.717, 1.165) is 18.4 Å². The Morgan fingerprint density at radius 3 is 2.44 bits per heavy atom. The molecular formula is C19H20N2O3S. The lowest BCUT2D eigenvalue weighted by Crippen LogP contribution is -2.25. The highest BCUT2D eigenvalue weighted by molar-refractivity contribution is 7.12. The van der Waals surface area contributed by atoms with E-state index in [-0.39, 0.29) is 30.4 Å². The minimum absolute atomic E-state index is 0.00354. The van der Waals surface area contributed by atoms with Crippen molar-refractivity contribution in [2.75, 3.05) is 0 Å². The molecule has 1 heterocycles. The van der Waals surface area contributed by atoms with Gasteiger partial charge in [-0.2, -0.15) is 0 Å². The van der Waals surface area contributed by atoms with Crippen molar-refractivity contribution in [3.63, 3.8) is 0 Å². The number of rotatable bonds is 8. The summed E-state index contributed by atoms with van der Waals surface area (Å²) in [7, 11) is 0. The lowest BCUT2D eigenvalue weighted by atomic mass is 10.1. The molecule has 0 bridgehead atoms. The molecule has 0 unspecified atom stereocenters. The number of Topliss-reactive ketones (excluding diaryl/α,β-unsaturated/α-hetero) is 1. The fraction of sp³-hybridized carbons (Fsp3) is 0.316. The van der Waals surface area contributed by atoms with Crippen molar-refractivity contribution < 1.29 is 14.4 Å². The highest BCUT2D eigenvalue weighted by atomic mass is 32.1. The fourth-order valence-corrected chi connectivity index (χ4v) is 3.04. The zero-order valence-electron chi connectivity index (χ0n) is 13.8. The van der Waals surface area contributed by atoms with E-state index < -0.39 is 0 Å². The van der Waals surface area contributed by atoms with Gasteiger partial charge >= 0.3 is 0 Å². The summed E-state index contributed by atoms with van der Waals surface area (Å²) in [6.07, 6.45) is 2.51. The number of carbonyl (C=O) groups excluding carboxylic acids is 3. The Morgan fingerprint density at radius 1 is 1.04 bits per heavy atom. The van der Waals surface area contributed by atoms with Crippen molar-refractivity contribution in [1.82, 2.24) is 10.6 Å². The molecule has 2 aromatic rings. The quantitative estimate of drug-likeness (QED) is 0.714. The summed E-state index contributed by atoms with van der Waals surface area (Å²) in [6, 6.07) is 11.1. The number of carbonyl (C=O) groups is 3. The minimum atomic E-state index is -0.152. The topological polar surface area (TPSA) is 75.3 Å². The van der Waals surface area contributed by atoms with Gasteiger partial charge in [-0.1, -0.05) is 18.2 Å². The number of hydrogen-bond donors (Lipinski definition) is 2. The monoisotopic (exact) mass is 356 g/mol. The molecule has 2 N–H and O–H groups in total. The van der Waals surface area contributed by atoms with E-state index >= 15 is 0 Å². The Bertz CT molecular complexity index is 749. The molecule has 0 aliphatic heterocycles. The van der Waals surface area contributed by atoms with Crippen LogP contribution in [-0.4, -0.2) is 23.6 Å². The van der Waals surface area contributed by atoms with Gasteiger partial charge in [-0.05, 0) is 42.0 Å². The second-order valence-corrected chi connectivity index (χ2v) is 7.07. The molecule has 1 aromatic heterocycles. The molecule has 25 heavy (non-hydrogen) atoms. The zero-order chi connectivity index (χ0) is 17.6. The standard InChI is InChI=1S/C19H20N2O3S/c22-16(17-2-1-11-25-17)9-10-18(23)20-12-13-3-5-14(6-4-13)19(24)21-15-7-8-15/h1-6,11,15H,7-10,12H2,(H,20,23)(H,21,24). The highest BCUT2D eigenvalue weighted by Gasteiger charge is 2.23. The molecule has 0 atom stereocenters. The van der Waals surface area contributed by atoms with E-state index in [1.54, 1.807) is 18.2 Å². The molecule has 0 spiro atoms. The maximum Gasteiger partial charge on any atom is 0.251 e. The van der Waals surface area contributed by atoms with Gasteiger partial charge in [-0.15, -0.1) is 11.3 Å². The van der Waals surface area contributed by atoms with Crippen LogP contribution >= 0.6 is 11.3 Å². The smallest absolute Gasteiger partial charge is 0.251 e. The number of nitrogens with one attached hydrogen (secondary N) is 2. The summed E-state index contributed by atoms with van der Waals surface area (Å²) in [5.74, 6) is -0.207. The molecule has 1 fully saturated rings. The van der Waals surface area contributed by atoms with Crippen LogP contribution in [0.1, 0.15) is 51.3 Å². The lowest BCUT2D eigenvalue weighted by molar-refractivity contribution is -0.121. The maximum absolute atomic E-state index is 11.9. The van der Waals surface area contributed by atoms with Crippen LogP contribution in [-0.2, 0) is 11.3 Å². The van der Waals surface area contributed by atoms with E-state index in [1.165, 1.54) is 11.3 Å². The van der Waals surface area contributed by atoms with Gasteiger partial charge in [0.2, 0.25) is 5.91 Å². The van der Waals surface area contributed by atoms with Gasteiger partial charge in [0, 0.05) is 31.0 Å². The van der Waals surface area contributed by atoms with Gasteiger partial charge in [-0.3, -0.25) is 14.4 Å². The Hall–Kier alpha value is -2.47. The molecule has 5 nitrogen and oxygen atoms in total. The molecule has 1 aliphatic rings. The van der Waals surface area contributed by atoms with Gasteiger partial charge in [0.05, 0.1) is 4.88 Å². The van der Waals surface area contributed by atoms with Crippen molar-refractivity contribution in [2.45, 2.75) is 38.3 Å². The van der Waals surface area contributed by atoms with Crippen molar-refractivity contribution >= 4 is 28.9 Å². The average molecular weight is 356 g/mol. The third kappa shape index (κ3) is 5.26. The normalized spacial score (nSPS) is 13.3. The number of hydrogen-bond acceptors (Lipinski definition) is 4. The van der Waals surface area contributed by atoms with Crippen LogP contribution < -0.4 is 10.6 Å². The van der Waals surface area contributed by atoms with Crippen LogP contribution in [0, 0.1) is 0 Å². The van der Waals surface area contributed by atoms with Crippen LogP contribution in [0.2, 0.25) is 0 Å². The Labute approximate surface area is 150 Å². The predicted molar refractivity (Wildman–Crippen MR) is 96.7 cm³/mol. The molecule has 1 aliphatic carbocycles. The number of thiophene rings is 1. The van der Waals surface area contributed by atoms with Crippen molar-refractivity contribution in [1.29, 1.82) is 0 Å². The molecule has 0 radical (unpaired) electrons. The largest absolute Gasteiger partial charge is 0.352 e. The average Bonchev–Trinajstić information content (AvgIpc) is 3.26. The third-order valence-corrected chi connectivity index (χ3v) is 4.90. The van der Waals surface area contributed by atoms with Crippen molar-refractivity contribution in [3.05, 3.63) is 57.8 Å². The van der Waals surface area contributed by atoms with E-state index in [2.05, 4.69) is 10.6 Å². The fourth-order valence-electron chi connectivity index (χ4n) is 2.35. The first-order valence-electron chi connectivity index (χ1n) is 8.35. The van der Waals surface area contributed by atoms with E-state index in [4.69, 9.17) is 0 Å². The van der Waals surface area contributed by atoms with Crippen LogP contribution in [0.3, 0.4) is 0 Å². The van der Waals surface area contributed by atoms with Crippen LogP contribution in [0.15, 0.2) is 41.8 Å². The second-order valence-electron chi connectivity index (χ2n) is 6.12. The zero-order valence-corrected chi connectivity index (χ0v) is 14.6. The molecule has 1 aromatic carbocycles. The van der Waals surface area contributed by atoms with Crippen LogP contribution in [0.4, 0.5) is 0 Å². The molecular weight excluding hydrogens is 336 g/mol. The molecule has 2 amide bonds. The van der Waals surface area contributed by atoms with Crippen LogP contribution in [0.5, 0.6) is 0 Å². The van der Waals surface area contributed by atoms with Gasteiger partial charge in [0.25, 0.3) is 5.91 Å². The van der Waals surface area contributed by atoms with Crippen molar-refractivity contribution in [2.24, 2.45) is 0 Å². The molecule has 3 rings (SSSR count). The molecule has 1 saturated carbocycles. The summed E-state index contributed by atoms with van der Waals surface area (Å²) in [5.41, 5.74) is 1.55. The maximum atomic E-state index is 11.9. The molecule has 0 saturated heterocycles. The van der Waals surface area contributed by atoms with Gasteiger partial charge in [0.15, 0.2) is 5.78 Å². The SMILES string of the molecule is O=C(CCC(=O)c1cccs1)NCc1ccc(C(=O)NC2CC2)cc1. The Morgan fingerprint density at radius 2 is 1.80 bits per heavy atom. The number of benzene rings is 1. The Kier molecular flexibility index (Phi) is 5.60. The highest BCUT2D eigenvalue weighted by Crippen LogP contribution is 2.19. The first kappa shape index (κ1) is 17.4. The van der Waals surface area contributed by atoms with Crippen LogP contribution in [0.25, 0.3) is 0 Å². The van der Waals surface area contributed by atoms with E-state index in [9.17, 15) is 14.4 Å². The van der Waals surface area contributed by atoms with Gasteiger partial charge in [0.1, 0.15) is 0 Å². The number of amides is 2. The van der Waals surface area contributed by atoms with E-state index in [0.29, 0.717) is 23.0 Å². The van der Waals surface area contributed by atoms with Gasteiger partial charge < -0.3 is 10.6 Å². The summed E-state index contributed by atoms with van der Waals surface area (Å²) in [5, 5.41) is 7.59. The summed E-state index contributed by atoms with van der Waals surface area (Å²) in [4.78, 5) is 36.3. The first-order valence-corrected chi connectivity index (χ1v) is 9.23. The van der Waals surface area contributed by atoms with Crippen molar-refractivity contribution in [3.8, 4) is 0 Å². The summed E-state index contributed by atoms with van der Waals surface area (Å²) in [6.45, 7) is 0.385. The Balaban J connectivity index is 1.40. The third-order valence-electron chi connectivity index (χ3n) is 3.99. The lowest BCUT2D eigenvalue weighted by Gasteiger charge is -2.07. The van der Waals surface area contributed by atoms with E-state index in [1.807, 2.05) is 23.6 Å².